The largest absolute Gasteiger partial charge is 0.244 e. The third-order valence-corrected chi connectivity index (χ3v) is 3.11. The number of fused-ring (bicyclic) bond motifs is 1. The summed E-state index contributed by atoms with van der Waals surface area (Å²) in [5.41, 5.74) is -0.840. The van der Waals surface area contributed by atoms with Gasteiger partial charge in [0.1, 0.15) is 11.2 Å². The number of alkyl halides is 1. The van der Waals surface area contributed by atoms with Crippen molar-refractivity contribution in [1.82, 2.24) is 14.6 Å². The maximum Gasteiger partial charge on any atom is 0.241 e. The molecule has 0 aliphatic heterocycles. The minimum absolute atomic E-state index is 0.00165. The van der Waals surface area contributed by atoms with Crippen LogP contribution in [0.2, 0.25) is 5.28 Å². The molecule has 0 saturated heterocycles. The molecule has 6 heteroatoms. The van der Waals surface area contributed by atoms with Gasteiger partial charge in [0.15, 0.2) is 5.82 Å². The second kappa shape index (κ2) is 3.91. The fraction of sp³-hybridized carbons (Fsp3) is 0.455. The lowest BCUT2D eigenvalue weighted by Crippen LogP contribution is -2.22. The molecule has 2 heterocycles. The van der Waals surface area contributed by atoms with Crippen molar-refractivity contribution in [1.29, 1.82) is 0 Å². The van der Waals surface area contributed by atoms with Gasteiger partial charge in [-0.25, -0.2) is 18.3 Å². The van der Waals surface area contributed by atoms with Gasteiger partial charge in [-0.2, -0.15) is 0 Å². The Hall–Kier alpha value is -1.23. The fourth-order valence-corrected chi connectivity index (χ4v) is 1.74. The van der Waals surface area contributed by atoms with E-state index in [1.165, 1.54) is 30.6 Å². The van der Waals surface area contributed by atoms with E-state index in [0.29, 0.717) is 5.69 Å². The smallest absolute Gasteiger partial charge is 0.241 e. The van der Waals surface area contributed by atoms with Crippen LogP contribution < -0.4 is 0 Å². The molecule has 0 saturated carbocycles. The van der Waals surface area contributed by atoms with Crippen LogP contribution in [0.15, 0.2) is 12.3 Å². The number of nitrogens with zero attached hydrogens (tertiary/aromatic N) is 3. The number of rotatable bonds is 2. The van der Waals surface area contributed by atoms with Crippen molar-refractivity contribution in [3.05, 3.63) is 29.1 Å². The molecule has 0 aliphatic carbocycles. The van der Waals surface area contributed by atoms with Crippen molar-refractivity contribution in [2.75, 3.05) is 0 Å². The van der Waals surface area contributed by atoms with Crippen LogP contribution in [0.1, 0.15) is 32.4 Å². The Bertz CT molecular complexity index is 560. The number of hydrogen-bond donors (Lipinski definition) is 0. The van der Waals surface area contributed by atoms with Crippen molar-refractivity contribution in [3.8, 4) is 0 Å². The monoisotopic (exact) mass is 259 g/mol. The van der Waals surface area contributed by atoms with Gasteiger partial charge in [-0.05, 0) is 31.5 Å². The molecule has 0 aromatic carbocycles. The van der Waals surface area contributed by atoms with E-state index in [1.54, 1.807) is 6.92 Å². The summed E-state index contributed by atoms with van der Waals surface area (Å²) in [4.78, 5) is 3.70. The van der Waals surface area contributed by atoms with Crippen molar-refractivity contribution >= 4 is 17.1 Å². The Balaban J connectivity index is 2.66. The molecule has 17 heavy (non-hydrogen) atoms. The molecule has 0 amide bonds. The Morgan fingerprint density at radius 3 is 2.71 bits per heavy atom. The van der Waals surface area contributed by atoms with Gasteiger partial charge in [0, 0.05) is 5.92 Å². The molecule has 92 valence electrons. The highest BCUT2D eigenvalue weighted by Crippen LogP contribution is 2.32. The van der Waals surface area contributed by atoms with Crippen LogP contribution in [0, 0.1) is 5.82 Å². The summed E-state index contributed by atoms with van der Waals surface area (Å²) in [6, 6.07) is 1.27. The third kappa shape index (κ3) is 2.11. The average molecular weight is 260 g/mol. The molecular formula is C11H12ClF2N3. The third-order valence-electron chi connectivity index (χ3n) is 2.94. The molecule has 0 aliphatic rings. The average Bonchev–Trinajstić information content (AvgIpc) is 2.53. The van der Waals surface area contributed by atoms with E-state index >= 15 is 0 Å². The van der Waals surface area contributed by atoms with E-state index in [2.05, 4.69) is 10.1 Å². The van der Waals surface area contributed by atoms with Crippen molar-refractivity contribution in [2.24, 2.45) is 0 Å². The van der Waals surface area contributed by atoms with E-state index in [0.717, 1.165) is 0 Å². The highest BCUT2D eigenvalue weighted by atomic mass is 35.5. The molecule has 2 rings (SSSR count). The Morgan fingerprint density at radius 2 is 2.12 bits per heavy atom. The first-order valence-electron chi connectivity index (χ1n) is 5.19. The zero-order chi connectivity index (χ0) is 12.8. The normalized spacial score (nSPS) is 14.2. The van der Waals surface area contributed by atoms with Crippen molar-refractivity contribution in [2.45, 2.75) is 32.4 Å². The molecule has 2 aromatic heterocycles. The number of hydrogen-bond acceptors (Lipinski definition) is 2. The minimum Gasteiger partial charge on any atom is -0.244 e. The predicted molar refractivity (Wildman–Crippen MR) is 61.6 cm³/mol. The van der Waals surface area contributed by atoms with Crippen LogP contribution in [-0.2, 0) is 0 Å². The van der Waals surface area contributed by atoms with Crippen LogP contribution in [0.25, 0.3) is 5.52 Å². The molecule has 0 N–H and O–H groups in total. The van der Waals surface area contributed by atoms with E-state index in [-0.39, 0.29) is 10.8 Å². The molecule has 1 unspecified atom stereocenters. The fourth-order valence-electron chi connectivity index (χ4n) is 1.62. The minimum atomic E-state index is -1.47. The van der Waals surface area contributed by atoms with Gasteiger partial charge in [-0.1, -0.05) is 6.92 Å². The summed E-state index contributed by atoms with van der Waals surface area (Å²) in [5.74, 6) is -0.988. The lowest BCUT2D eigenvalue weighted by Gasteiger charge is -2.22. The molecule has 0 bridgehead atoms. The first-order chi connectivity index (χ1) is 7.80. The van der Waals surface area contributed by atoms with Crippen LogP contribution in [-0.4, -0.2) is 20.3 Å². The van der Waals surface area contributed by atoms with E-state index < -0.39 is 17.4 Å². The second-order valence-corrected chi connectivity index (χ2v) is 4.87. The second-order valence-electron chi connectivity index (χ2n) is 4.53. The zero-order valence-electron chi connectivity index (χ0n) is 9.71. The standard InChI is InChI=1S/C11H12ClF2N3/c1-6(11(2,3)14)8-4-7(13)9-5-15-10(12)16-17(8)9/h4-6H,1-3H3. The number of aromatic nitrogens is 3. The number of halogens is 3. The summed E-state index contributed by atoms with van der Waals surface area (Å²) in [6.07, 6.45) is 1.28. The van der Waals surface area contributed by atoms with Crippen LogP contribution in [0.5, 0.6) is 0 Å². The Morgan fingerprint density at radius 1 is 1.47 bits per heavy atom. The first-order valence-corrected chi connectivity index (χ1v) is 5.57. The molecule has 3 nitrogen and oxygen atoms in total. The summed E-state index contributed by atoms with van der Waals surface area (Å²) in [7, 11) is 0. The lowest BCUT2D eigenvalue weighted by molar-refractivity contribution is 0.177. The van der Waals surface area contributed by atoms with E-state index in [9.17, 15) is 8.78 Å². The zero-order valence-corrected chi connectivity index (χ0v) is 10.5. The summed E-state index contributed by atoms with van der Waals surface area (Å²) in [5, 5.41) is 3.89. The van der Waals surface area contributed by atoms with Crippen LogP contribution in [0.4, 0.5) is 8.78 Å². The molecule has 0 spiro atoms. The maximum absolute atomic E-state index is 13.9. The van der Waals surface area contributed by atoms with E-state index in [4.69, 9.17) is 11.6 Å². The summed E-state index contributed by atoms with van der Waals surface area (Å²) < 4.78 is 28.8. The van der Waals surface area contributed by atoms with Gasteiger partial charge in [0.2, 0.25) is 5.28 Å². The van der Waals surface area contributed by atoms with Crippen LogP contribution >= 0.6 is 11.6 Å². The van der Waals surface area contributed by atoms with Crippen LogP contribution in [0.3, 0.4) is 0 Å². The first kappa shape index (κ1) is 12.2. The Kier molecular flexibility index (Phi) is 2.81. The van der Waals surface area contributed by atoms with Gasteiger partial charge in [0.25, 0.3) is 0 Å². The molecule has 2 aromatic rings. The predicted octanol–water partition coefficient (Wildman–Crippen LogP) is 3.37. The summed E-state index contributed by atoms with van der Waals surface area (Å²) >= 11 is 5.66. The van der Waals surface area contributed by atoms with Gasteiger partial charge in [0.05, 0.1) is 11.9 Å². The molecule has 1 atom stereocenters. The topological polar surface area (TPSA) is 30.2 Å². The van der Waals surface area contributed by atoms with Crippen molar-refractivity contribution in [3.63, 3.8) is 0 Å². The van der Waals surface area contributed by atoms with Gasteiger partial charge >= 0.3 is 0 Å². The SMILES string of the molecule is CC(c1cc(F)c2cnc(Cl)nn12)C(C)(C)F. The summed E-state index contributed by atoms with van der Waals surface area (Å²) in [6.45, 7) is 4.56. The lowest BCUT2D eigenvalue weighted by atomic mass is 9.92. The molecule has 0 radical (unpaired) electrons. The van der Waals surface area contributed by atoms with Gasteiger partial charge in [-0.3, -0.25) is 0 Å². The van der Waals surface area contributed by atoms with Gasteiger partial charge in [-0.15, -0.1) is 5.10 Å². The Labute approximate surface area is 102 Å². The highest BCUT2D eigenvalue weighted by molar-refractivity contribution is 6.28. The quantitative estimate of drug-likeness (QED) is 0.828. The maximum atomic E-state index is 13.9. The van der Waals surface area contributed by atoms with E-state index in [1.807, 2.05) is 0 Å². The van der Waals surface area contributed by atoms with Crippen molar-refractivity contribution < 1.29 is 8.78 Å². The van der Waals surface area contributed by atoms with Gasteiger partial charge < -0.3 is 0 Å². The molecular weight excluding hydrogens is 248 g/mol. The highest BCUT2D eigenvalue weighted by Gasteiger charge is 2.30. The molecule has 0 fully saturated rings.